The smallest absolute Gasteiger partial charge is 0.303 e. The fourth-order valence-corrected chi connectivity index (χ4v) is 1.52. The van der Waals surface area contributed by atoms with E-state index < -0.39 is 5.97 Å². The van der Waals surface area contributed by atoms with E-state index in [9.17, 15) is 4.79 Å². The Morgan fingerprint density at radius 3 is 2.87 bits per heavy atom. The Morgan fingerprint density at radius 2 is 2.27 bits per heavy atom. The maximum absolute atomic E-state index is 10.3. The summed E-state index contributed by atoms with van der Waals surface area (Å²) in [6, 6.07) is 5.38. The molecule has 1 rings (SSSR count). The van der Waals surface area contributed by atoms with Crippen molar-refractivity contribution in [2.24, 2.45) is 0 Å². The molecule has 0 aliphatic heterocycles. The summed E-state index contributed by atoms with van der Waals surface area (Å²) in [5, 5.41) is 9.13. The van der Waals surface area contributed by atoms with Crippen LogP contribution in [0.5, 0.6) is 5.75 Å². The maximum atomic E-state index is 10.3. The van der Waals surface area contributed by atoms with Gasteiger partial charge in [0.1, 0.15) is 5.75 Å². The minimum atomic E-state index is -0.775. The molecule has 0 bridgehead atoms. The molecule has 0 amide bonds. The topological polar surface area (TPSA) is 46.5 Å². The first-order valence-electron chi connectivity index (χ1n) is 4.67. The largest absolute Gasteiger partial charge is 0.496 e. The molecule has 0 radical (unpaired) electrons. The Labute approximate surface area is 93.6 Å². The Kier molecular flexibility index (Phi) is 4.43. The molecular formula is C11H13ClO3. The SMILES string of the molecule is COc1cc(Cl)ccc1CCCC(=O)O. The number of carbonyl (C=O) groups is 1. The number of carboxylic acids is 1. The zero-order chi connectivity index (χ0) is 11.3. The van der Waals surface area contributed by atoms with E-state index in [1.807, 2.05) is 6.07 Å². The van der Waals surface area contributed by atoms with Crippen molar-refractivity contribution < 1.29 is 14.6 Å². The molecule has 3 nitrogen and oxygen atoms in total. The third kappa shape index (κ3) is 3.80. The second-order valence-corrected chi connectivity index (χ2v) is 3.64. The fraction of sp³-hybridized carbons (Fsp3) is 0.364. The zero-order valence-corrected chi connectivity index (χ0v) is 9.25. The lowest BCUT2D eigenvalue weighted by Crippen LogP contribution is -1.97. The molecule has 1 aromatic rings. The van der Waals surface area contributed by atoms with E-state index in [-0.39, 0.29) is 6.42 Å². The summed E-state index contributed by atoms with van der Waals surface area (Å²) < 4.78 is 5.15. The van der Waals surface area contributed by atoms with Crippen molar-refractivity contribution in [1.29, 1.82) is 0 Å². The first kappa shape index (κ1) is 11.9. The second-order valence-electron chi connectivity index (χ2n) is 3.20. The quantitative estimate of drug-likeness (QED) is 0.843. The van der Waals surface area contributed by atoms with Gasteiger partial charge < -0.3 is 9.84 Å². The van der Waals surface area contributed by atoms with Crippen LogP contribution in [0.15, 0.2) is 18.2 Å². The molecule has 82 valence electrons. The normalized spacial score (nSPS) is 10.0. The van der Waals surface area contributed by atoms with Crippen LogP contribution in [0.3, 0.4) is 0 Å². The molecule has 0 fully saturated rings. The van der Waals surface area contributed by atoms with Crippen LogP contribution >= 0.6 is 11.6 Å². The van der Waals surface area contributed by atoms with Crippen molar-refractivity contribution in [3.05, 3.63) is 28.8 Å². The highest BCUT2D eigenvalue weighted by Crippen LogP contribution is 2.24. The third-order valence-electron chi connectivity index (χ3n) is 2.09. The Bertz CT molecular complexity index is 350. The molecule has 0 aliphatic rings. The van der Waals surface area contributed by atoms with Crippen LogP contribution in [-0.4, -0.2) is 18.2 Å². The van der Waals surface area contributed by atoms with Gasteiger partial charge in [0.05, 0.1) is 7.11 Å². The minimum absolute atomic E-state index is 0.172. The number of methoxy groups -OCH3 is 1. The highest BCUT2D eigenvalue weighted by Gasteiger charge is 2.04. The van der Waals surface area contributed by atoms with Crippen LogP contribution < -0.4 is 4.74 Å². The monoisotopic (exact) mass is 228 g/mol. The van der Waals surface area contributed by atoms with Crippen LogP contribution in [0.25, 0.3) is 0 Å². The number of rotatable bonds is 5. The number of carboxylic acid groups (broad SMARTS) is 1. The molecule has 0 saturated carbocycles. The summed E-state index contributed by atoms with van der Waals surface area (Å²) in [5.41, 5.74) is 0.989. The standard InChI is InChI=1S/C11H13ClO3/c1-15-10-7-9(12)6-5-8(10)3-2-4-11(13)14/h5-7H,2-4H2,1H3,(H,13,14). The maximum Gasteiger partial charge on any atom is 0.303 e. The van der Waals surface area contributed by atoms with Gasteiger partial charge in [-0.1, -0.05) is 17.7 Å². The number of aliphatic carboxylic acids is 1. The summed E-state index contributed by atoms with van der Waals surface area (Å²) in [4.78, 5) is 10.3. The number of ether oxygens (including phenoxy) is 1. The number of hydrogen-bond acceptors (Lipinski definition) is 2. The van der Waals surface area contributed by atoms with Gasteiger partial charge >= 0.3 is 5.97 Å². The Balaban J connectivity index is 2.63. The molecule has 0 atom stereocenters. The predicted molar refractivity (Wildman–Crippen MR) is 58.6 cm³/mol. The summed E-state index contributed by atoms with van der Waals surface area (Å²) in [6.07, 6.45) is 1.46. The molecule has 0 heterocycles. The Morgan fingerprint density at radius 1 is 1.53 bits per heavy atom. The molecule has 1 aromatic carbocycles. The van der Waals surface area contributed by atoms with Crippen molar-refractivity contribution in [1.82, 2.24) is 0 Å². The van der Waals surface area contributed by atoms with Crippen LogP contribution in [-0.2, 0) is 11.2 Å². The summed E-state index contributed by atoms with van der Waals surface area (Å²) >= 11 is 5.81. The van der Waals surface area contributed by atoms with Crippen molar-refractivity contribution >= 4 is 17.6 Å². The van der Waals surface area contributed by atoms with E-state index in [0.29, 0.717) is 23.6 Å². The first-order chi connectivity index (χ1) is 7.13. The zero-order valence-electron chi connectivity index (χ0n) is 8.50. The van der Waals surface area contributed by atoms with Gasteiger partial charge in [-0.3, -0.25) is 4.79 Å². The van der Waals surface area contributed by atoms with Crippen molar-refractivity contribution in [2.75, 3.05) is 7.11 Å². The van der Waals surface area contributed by atoms with E-state index in [0.717, 1.165) is 5.56 Å². The molecule has 4 heteroatoms. The molecular weight excluding hydrogens is 216 g/mol. The lowest BCUT2D eigenvalue weighted by Gasteiger charge is -2.07. The molecule has 0 spiro atoms. The predicted octanol–water partition coefficient (Wildman–Crippen LogP) is 2.76. The van der Waals surface area contributed by atoms with Gasteiger partial charge in [0, 0.05) is 11.4 Å². The molecule has 0 aliphatic carbocycles. The van der Waals surface area contributed by atoms with E-state index in [2.05, 4.69) is 0 Å². The lowest BCUT2D eigenvalue weighted by molar-refractivity contribution is -0.137. The van der Waals surface area contributed by atoms with Crippen LogP contribution in [0.1, 0.15) is 18.4 Å². The molecule has 15 heavy (non-hydrogen) atoms. The van der Waals surface area contributed by atoms with Gasteiger partial charge in [0.15, 0.2) is 0 Å². The average molecular weight is 229 g/mol. The second kappa shape index (κ2) is 5.61. The van der Waals surface area contributed by atoms with Crippen LogP contribution in [0.2, 0.25) is 5.02 Å². The number of hydrogen-bond donors (Lipinski definition) is 1. The lowest BCUT2D eigenvalue weighted by atomic mass is 10.1. The molecule has 1 N–H and O–H groups in total. The highest BCUT2D eigenvalue weighted by molar-refractivity contribution is 6.30. The van der Waals surface area contributed by atoms with Crippen molar-refractivity contribution in [3.8, 4) is 5.75 Å². The molecule has 0 saturated heterocycles. The minimum Gasteiger partial charge on any atom is -0.496 e. The highest BCUT2D eigenvalue weighted by atomic mass is 35.5. The Hall–Kier alpha value is -1.22. The van der Waals surface area contributed by atoms with E-state index in [1.54, 1.807) is 19.2 Å². The van der Waals surface area contributed by atoms with E-state index >= 15 is 0 Å². The third-order valence-corrected chi connectivity index (χ3v) is 2.32. The molecule has 0 aromatic heterocycles. The van der Waals surface area contributed by atoms with Gasteiger partial charge in [-0.25, -0.2) is 0 Å². The number of aryl methyl sites for hydroxylation is 1. The van der Waals surface area contributed by atoms with Gasteiger partial charge in [0.2, 0.25) is 0 Å². The summed E-state index contributed by atoms with van der Waals surface area (Å²) in [7, 11) is 1.58. The first-order valence-corrected chi connectivity index (χ1v) is 5.05. The van der Waals surface area contributed by atoms with Gasteiger partial charge in [-0.15, -0.1) is 0 Å². The number of halogens is 1. The van der Waals surface area contributed by atoms with E-state index in [4.69, 9.17) is 21.4 Å². The average Bonchev–Trinajstić information content (AvgIpc) is 2.19. The fourth-order valence-electron chi connectivity index (χ4n) is 1.35. The van der Waals surface area contributed by atoms with Gasteiger partial charge in [-0.2, -0.15) is 0 Å². The van der Waals surface area contributed by atoms with Gasteiger partial charge in [0.25, 0.3) is 0 Å². The van der Waals surface area contributed by atoms with Crippen molar-refractivity contribution in [3.63, 3.8) is 0 Å². The van der Waals surface area contributed by atoms with Crippen LogP contribution in [0, 0.1) is 0 Å². The number of benzene rings is 1. The summed E-state index contributed by atoms with van der Waals surface area (Å²) in [5.74, 6) is -0.0594. The van der Waals surface area contributed by atoms with Crippen LogP contribution in [0.4, 0.5) is 0 Å². The summed E-state index contributed by atoms with van der Waals surface area (Å²) in [6.45, 7) is 0. The van der Waals surface area contributed by atoms with E-state index in [1.165, 1.54) is 0 Å². The molecule has 0 unspecified atom stereocenters. The van der Waals surface area contributed by atoms with Crippen molar-refractivity contribution in [2.45, 2.75) is 19.3 Å². The van der Waals surface area contributed by atoms with Gasteiger partial charge in [-0.05, 0) is 30.5 Å².